The molecule has 0 amide bonds. The highest BCUT2D eigenvalue weighted by molar-refractivity contribution is 5.55. The van der Waals surface area contributed by atoms with Crippen molar-refractivity contribution < 1.29 is 0 Å². The fourth-order valence-corrected chi connectivity index (χ4v) is 2.92. The summed E-state index contributed by atoms with van der Waals surface area (Å²) >= 11 is 0. The van der Waals surface area contributed by atoms with E-state index in [-0.39, 0.29) is 0 Å². The molecule has 3 nitrogen and oxygen atoms in total. The van der Waals surface area contributed by atoms with Crippen molar-refractivity contribution in [2.75, 3.05) is 11.9 Å². The molecule has 0 saturated heterocycles. The Bertz CT molecular complexity index is 557. The predicted molar refractivity (Wildman–Crippen MR) is 78.5 cm³/mol. The first kappa shape index (κ1) is 12.3. The molecule has 19 heavy (non-hydrogen) atoms. The van der Waals surface area contributed by atoms with Crippen LogP contribution in [0.3, 0.4) is 0 Å². The van der Waals surface area contributed by atoms with E-state index in [1.54, 1.807) is 5.56 Å². The summed E-state index contributed by atoms with van der Waals surface area (Å²) in [5, 5.41) is 7.80. The fraction of sp³-hybridized carbons (Fsp3) is 0.438. The molecular weight excluding hydrogens is 234 g/mol. The van der Waals surface area contributed by atoms with E-state index in [1.807, 2.05) is 17.9 Å². The lowest BCUT2D eigenvalue weighted by Crippen LogP contribution is -2.12. The van der Waals surface area contributed by atoms with Crippen LogP contribution in [0.2, 0.25) is 0 Å². The average Bonchev–Trinajstić information content (AvgIpc) is 2.85. The second kappa shape index (κ2) is 5.47. The van der Waals surface area contributed by atoms with Crippen LogP contribution in [-0.2, 0) is 26.3 Å². The highest BCUT2D eigenvalue weighted by Gasteiger charge is 2.12. The summed E-state index contributed by atoms with van der Waals surface area (Å²) in [4.78, 5) is 0. The molecule has 100 valence electrons. The quantitative estimate of drug-likeness (QED) is 0.910. The second-order valence-corrected chi connectivity index (χ2v) is 5.27. The van der Waals surface area contributed by atoms with Gasteiger partial charge in [-0.1, -0.05) is 12.1 Å². The molecule has 1 N–H and O–H groups in total. The third-order valence-electron chi connectivity index (χ3n) is 4.01. The molecule has 3 heteroatoms. The van der Waals surface area contributed by atoms with E-state index in [2.05, 4.69) is 34.7 Å². The molecule has 1 aromatic carbocycles. The summed E-state index contributed by atoms with van der Waals surface area (Å²) in [7, 11) is 2.00. The van der Waals surface area contributed by atoms with Gasteiger partial charge in [0.05, 0.1) is 0 Å². The summed E-state index contributed by atoms with van der Waals surface area (Å²) < 4.78 is 1.95. The maximum atomic E-state index is 4.20. The van der Waals surface area contributed by atoms with Gasteiger partial charge in [0, 0.05) is 37.6 Å². The molecule has 0 bridgehead atoms. The van der Waals surface area contributed by atoms with Gasteiger partial charge in [-0.05, 0) is 48.9 Å². The van der Waals surface area contributed by atoms with Crippen molar-refractivity contribution in [2.24, 2.45) is 7.05 Å². The highest BCUT2D eigenvalue weighted by Crippen LogP contribution is 2.27. The topological polar surface area (TPSA) is 29.9 Å². The maximum Gasteiger partial charge on any atom is 0.0492 e. The number of aromatic nitrogens is 2. The lowest BCUT2D eigenvalue weighted by Gasteiger charge is -2.20. The zero-order valence-electron chi connectivity index (χ0n) is 11.5. The van der Waals surface area contributed by atoms with Crippen molar-refractivity contribution in [3.05, 3.63) is 47.3 Å². The van der Waals surface area contributed by atoms with E-state index in [0.29, 0.717) is 0 Å². The molecule has 0 unspecified atom stereocenters. The lowest BCUT2D eigenvalue weighted by molar-refractivity contribution is 0.685. The third-order valence-corrected chi connectivity index (χ3v) is 4.01. The Morgan fingerprint density at radius 2 is 2.11 bits per heavy atom. The molecule has 2 aromatic rings. The van der Waals surface area contributed by atoms with Crippen LogP contribution in [-0.4, -0.2) is 16.3 Å². The molecule has 0 radical (unpaired) electrons. The first-order chi connectivity index (χ1) is 9.34. The minimum absolute atomic E-state index is 0.968. The molecule has 1 heterocycles. The number of benzene rings is 1. The van der Waals surface area contributed by atoms with Crippen LogP contribution in [0.15, 0.2) is 30.5 Å². The van der Waals surface area contributed by atoms with Gasteiger partial charge in [0.1, 0.15) is 0 Å². The van der Waals surface area contributed by atoms with Gasteiger partial charge in [0.2, 0.25) is 0 Å². The molecular formula is C16H21N3. The van der Waals surface area contributed by atoms with Crippen LogP contribution >= 0.6 is 0 Å². The first-order valence-corrected chi connectivity index (χ1v) is 7.16. The van der Waals surface area contributed by atoms with Crippen molar-refractivity contribution in [3.8, 4) is 0 Å². The lowest BCUT2D eigenvalue weighted by atomic mass is 9.90. The molecule has 0 saturated carbocycles. The number of hydrogen-bond donors (Lipinski definition) is 1. The van der Waals surface area contributed by atoms with Crippen LogP contribution in [0.4, 0.5) is 5.69 Å². The zero-order chi connectivity index (χ0) is 13.1. The van der Waals surface area contributed by atoms with Gasteiger partial charge in [-0.3, -0.25) is 4.68 Å². The van der Waals surface area contributed by atoms with Crippen LogP contribution < -0.4 is 5.32 Å². The van der Waals surface area contributed by atoms with Crippen molar-refractivity contribution in [3.63, 3.8) is 0 Å². The second-order valence-electron chi connectivity index (χ2n) is 5.27. The van der Waals surface area contributed by atoms with Crippen LogP contribution in [0, 0.1) is 0 Å². The van der Waals surface area contributed by atoms with Crippen LogP contribution in [0.25, 0.3) is 0 Å². The largest absolute Gasteiger partial charge is 0.384 e. The number of rotatable bonds is 4. The minimum Gasteiger partial charge on any atom is -0.384 e. The van der Waals surface area contributed by atoms with E-state index in [1.165, 1.54) is 42.6 Å². The predicted octanol–water partition coefficient (Wildman–Crippen LogP) is 2.95. The molecule has 0 spiro atoms. The number of fused-ring (bicyclic) bond motifs is 1. The van der Waals surface area contributed by atoms with Crippen molar-refractivity contribution in [1.82, 2.24) is 9.78 Å². The Morgan fingerprint density at radius 1 is 1.21 bits per heavy atom. The number of hydrogen-bond acceptors (Lipinski definition) is 2. The minimum atomic E-state index is 0.968. The summed E-state index contributed by atoms with van der Waals surface area (Å²) in [5.74, 6) is 0. The maximum absolute atomic E-state index is 4.20. The van der Waals surface area contributed by atoms with E-state index >= 15 is 0 Å². The molecule has 0 aliphatic heterocycles. The van der Waals surface area contributed by atoms with Crippen molar-refractivity contribution in [2.45, 2.75) is 32.1 Å². The Kier molecular flexibility index (Phi) is 3.53. The Balaban J connectivity index is 1.66. The van der Waals surface area contributed by atoms with Gasteiger partial charge >= 0.3 is 0 Å². The Morgan fingerprint density at radius 3 is 2.95 bits per heavy atom. The number of anilines is 1. The summed E-state index contributed by atoms with van der Waals surface area (Å²) in [5.41, 5.74) is 5.69. The van der Waals surface area contributed by atoms with Crippen molar-refractivity contribution >= 4 is 5.69 Å². The van der Waals surface area contributed by atoms with Gasteiger partial charge in [0.15, 0.2) is 0 Å². The average molecular weight is 255 g/mol. The Labute approximate surface area is 114 Å². The molecule has 1 aliphatic carbocycles. The van der Waals surface area contributed by atoms with E-state index in [0.717, 1.165) is 13.0 Å². The van der Waals surface area contributed by atoms with Gasteiger partial charge in [0.25, 0.3) is 0 Å². The van der Waals surface area contributed by atoms with Gasteiger partial charge in [-0.15, -0.1) is 0 Å². The standard InChI is InChI=1S/C16H21N3/c1-19-14(10-12-18-19)9-11-17-16-8-4-6-13-5-2-3-7-15(13)16/h4,6,8,10,12,17H,2-3,5,7,9,11H2,1H3. The smallest absolute Gasteiger partial charge is 0.0492 e. The highest BCUT2D eigenvalue weighted by atomic mass is 15.3. The normalized spacial score (nSPS) is 14.2. The number of nitrogens with zero attached hydrogens (tertiary/aromatic N) is 2. The first-order valence-electron chi connectivity index (χ1n) is 7.16. The fourth-order valence-electron chi connectivity index (χ4n) is 2.92. The van der Waals surface area contributed by atoms with E-state index < -0.39 is 0 Å². The van der Waals surface area contributed by atoms with Crippen molar-refractivity contribution in [1.29, 1.82) is 0 Å². The van der Waals surface area contributed by atoms with E-state index in [9.17, 15) is 0 Å². The number of aryl methyl sites for hydroxylation is 2. The zero-order valence-corrected chi connectivity index (χ0v) is 11.5. The molecule has 0 atom stereocenters. The van der Waals surface area contributed by atoms with Gasteiger partial charge in [-0.25, -0.2) is 0 Å². The monoisotopic (exact) mass is 255 g/mol. The van der Waals surface area contributed by atoms with E-state index in [4.69, 9.17) is 0 Å². The summed E-state index contributed by atoms with van der Waals surface area (Å²) in [6.07, 6.45) is 8.01. The SMILES string of the molecule is Cn1nccc1CCNc1cccc2c1CCCC2. The summed E-state index contributed by atoms with van der Waals surface area (Å²) in [6, 6.07) is 8.76. The number of nitrogens with one attached hydrogen (secondary N) is 1. The van der Waals surface area contributed by atoms with Gasteiger partial charge < -0.3 is 5.32 Å². The third kappa shape index (κ3) is 2.65. The molecule has 0 fully saturated rings. The van der Waals surface area contributed by atoms with Gasteiger partial charge in [-0.2, -0.15) is 5.10 Å². The molecule has 1 aliphatic rings. The Hall–Kier alpha value is -1.77. The molecule has 1 aromatic heterocycles. The van der Waals surface area contributed by atoms with Crippen LogP contribution in [0.5, 0.6) is 0 Å². The summed E-state index contributed by atoms with van der Waals surface area (Å²) in [6.45, 7) is 0.968. The van der Waals surface area contributed by atoms with Crippen LogP contribution in [0.1, 0.15) is 29.7 Å². The molecule has 3 rings (SSSR count).